The Morgan fingerprint density at radius 1 is 0.958 bits per heavy atom. The third-order valence-corrected chi connectivity index (χ3v) is 4.79. The molecule has 0 atom stereocenters. The van der Waals surface area contributed by atoms with Crippen molar-refractivity contribution in [3.05, 3.63) is 41.7 Å². The van der Waals surface area contributed by atoms with Crippen LogP contribution in [-0.4, -0.2) is 11.8 Å². The smallest absolute Gasteiger partial charge is 0.231 e. The number of aromatic nitrogens is 1. The molecule has 0 N–H and O–H groups in total. The first-order chi connectivity index (χ1) is 11.8. The van der Waals surface area contributed by atoms with Gasteiger partial charge in [0.05, 0.1) is 16.8 Å². The van der Waals surface area contributed by atoms with Crippen molar-refractivity contribution < 1.29 is 13.9 Å². The number of nitrogens with zero attached hydrogens (tertiary/aromatic N) is 1. The van der Waals surface area contributed by atoms with Crippen molar-refractivity contribution in [3.63, 3.8) is 0 Å². The highest BCUT2D eigenvalue weighted by Gasteiger charge is 2.23. The van der Waals surface area contributed by atoms with Crippen molar-refractivity contribution in [2.24, 2.45) is 0 Å². The zero-order valence-corrected chi connectivity index (χ0v) is 13.7. The lowest BCUT2D eigenvalue weighted by atomic mass is 10.1. The number of rotatable bonds is 2. The monoisotopic (exact) mass is 319 g/mol. The number of benzene rings is 1. The highest BCUT2D eigenvalue weighted by atomic mass is 16.7. The maximum absolute atomic E-state index is 6.21. The molecule has 0 fully saturated rings. The molecule has 0 spiro atoms. The number of fused-ring (bicyclic) bond motifs is 6. The van der Waals surface area contributed by atoms with E-state index in [4.69, 9.17) is 18.9 Å². The molecule has 0 bridgehead atoms. The number of ether oxygens (including phenoxy) is 2. The van der Waals surface area contributed by atoms with Crippen molar-refractivity contribution in [1.29, 1.82) is 0 Å². The molecule has 4 heteroatoms. The topological polar surface area (TPSA) is 44.5 Å². The third-order valence-electron chi connectivity index (χ3n) is 4.79. The highest BCUT2D eigenvalue weighted by Crippen LogP contribution is 2.44. The van der Waals surface area contributed by atoms with Crippen LogP contribution in [0.2, 0.25) is 0 Å². The molecular weight excluding hydrogens is 302 g/mol. The Labute approximate surface area is 139 Å². The summed E-state index contributed by atoms with van der Waals surface area (Å²) in [6.45, 7) is 4.55. The molecule has 0 saturated carbocycles. The van der Waals surface area contributed by atoms with E-state index in [1.54, 1.807) is 0 Å². The lowest BCUT2D eigenvalue weighted by molar-refractivity contribution is 0.174. The summed E-state index contributed by atoms with van der Waals surface area (Å²) >= 11 is 0. The highest BCUT2D eigenvalue weighted by molar-refractivity contribution is 6.09. The van der Waals surface area contributed by atoms with Crippen LogP contribution in [0.15, 0.2) is 34.7 Å². The minimum atomic E-state index is 0.268. The fourth-order valence-corrected chi connectivity index (χ4v) is 3.52. The number of furan rings is 1. The minimum absolute atomic E-state index is 0.268. The lowest BCUT2D eigenvalue weighted by Gasteiger charge is -1.98. The SMILES string of the molecule is CCc1cc2c(CC)ccc3nc4cc5c(cc4c-3c2o1)OCO5. The molecule has 0 unspecified atom stereocenters. The van der Waals surface area contributed by atoms with Crippen LogP contribution in [0.1, 0.15) is 25.2 Å². The molecular formula is C20H17NO3. The average Bonchev–Trinajstić information content (AvgIpc) is 3.27. The molecule has 4 nitrogen and oxygen atoms in total. The van der Waals surface area contributed by atoms with Gasteiger partial charge in [0.2, 0.25) is 6.79 Å². The van der Waals surface area contributed by atoms with Crippen LogP contribution >= 0.6 is 0 Å². The summed E-state index contributed by atoms with van der Waals surface area (Å²) in [5, 5.41) is 2.23. The van der Waals surface area contributed by atoms with E-state index >= 15 is 0 Å². The number of hydrogen-bond donors (Lipinski definition) is 0. The van der Waals surface area contributed by atoms with Gasteiger partial charge in [-0.1, -0.05) is 19.9 Å². The maximum Gasteiger partial charge on any atom is 0.231 e. The molecule has 1 aromatic heterocycles. The van der Waals surface area contributed by atoms with Crippen molar-refractivity contribution in [2.45, 2.75) is 26.7 Å². The Balaban J connectivity index is 1.96. The summed E-state index contributed by atoms with van der Waals surface area (Å²) < 4.78 is 17.2. The van der Waals surface area contributed by atoms with Crippen molar-refractivity contribution in [2.75, 3.05) is 6.79 Å². The number of hydrogen-bond acceptors (Lipinski definition) is 4. The lowest BCUT2D eigenvalue weighted by Crippen LogP contribution is -1.92. The van der Waals surface area contributed by atoms with Gasteiger partial charge >= 0.3 is 0 Å². The largest absolute Gasteiger partial charge is 0.460 e. The molecule has 0 saturated heterocycles. The first kappa shape index (κ1) is 13.7. The second-order valence-electron chi connectivity index (χ2n) is 6.12. The third kappa shape index (κ3) is 1.77. The van der Waals surface area contributed by atoms with Crippen LogP contribution in [0.4, 0.5) is 0 Å². The van der Waals surface area contributed by atoms with Crippen LogP contribution < -0.4 is 9.47 Å². The quantitative estimate of drug-likeness (QED) is 0.525. The van der Waals surface area contributed by atoms with Crippen LogP contribution in [0.3, 0.4) is 0 Å². The van der Waals surface area contributed by atoms with E-state index in [0.717, 1.165) is 57.8 Å². The Kier molecular flexibility index (Phi) is 2.77. The van der Waals surface area contributed by atoms with Gasteiger partial charge in [-0.3, -0.25) is 0 Å². The van der Waals surface area contributed by atoms with Crippen molar-refractivity contribution >= 4 is 21.9 Å². The Bertz CT molecular complexity index is 1060. The van der Waals surface area contributed by atoms with Gasteiger partial charge in [0.25, 0.3) is 0 Å². The Morgan fingerprint density at radius 3 is 2.58 bits per heavy atom. The molecule has 120 valence electrons. The van der Waals surface area contributed by atoms with E-state index in [2.05, 4.69) is 32.0 Å². The summed E-state index contributed by atoms with van der Waals surface area (Å²) in [5.74, 6) is 2.53. The van der Waals surface area contributed by atoms with E-state index in [0.29, 0.717) is 0 Å². The molecule has 3 aliphatic rings. The average molecular weight is 319 g/mol. The second-order valence-corrected chi connectivity index (χ2v) is 6.12. The standard InChI is InChI=1S/C20H17NO3/c1-3-11-5-6-15-19(20-13(11)7-12(4-2)24-20)14-8-17-18(23-10-22-17)9-16(14)21-15/h5-9H,3-4,10H2,1-2H3. The van der Waals surface area contributed by atoms with Gasteiger partial charge in [-0.05, 0) is 30.2 Å². The summed E-state index contributed by atoms with van der Waals surface area (Å²) in [6, 6.07) is 10.4. The van der Waals surface area contributed by atoms with E-state index in [1.807, 2.05) is 12.1 Å². The normalized spacial score (nSPS) is 13.4. The molecule has 2 aromatic rings. The summed E-state index contributed by atoms with van der Waals surface area (Å²) in [5.41, 5.74) is 5.10. The molecule has 3 heterocycles. The van der Waals surface area contributed by atoms with Gasteiger partial charge in [0.15, 0.2) is 11.5 Å². The second kappa shape index (κ2) is 4.87. The summed E-state index contributed by atoms with van der Waals surface area (Å²) in [6.07, 6.45) is 1.84. The van der Waals surface area contributed by atoms with Gasteiger partial charge in [-0.2, -0.15) is 0 Å². The Hall–Kier alpha value is -2.75. The molecule has 1 aromatic carbocycles. The van der Waals surface area contributed by atoms with E-state index in [-0.39, 0.29) is 6.79 Å². The molecule has 1 aliphatic carbocycles. The first-order valence-electron chi connectivity index (χ1n) is 8.36. The van der Waals surface area contributed by atoms with Gasteiger partial charge in [0.1, 0.15) is 11.3 Å². The van der Waals surface area contributed by atoms with Crippen molar-refractivity contribution in [3.8, 4) is 22.8 Å². The van der Waals surface area contributed by atoms with Crippen LogP contribution in [-0.2, 0) is 12.8 Å². The van der Waals surface area contributed by atoms with Crippen LogP contribution in [0.5, 0.6) is 11.5 Å². The predicted octanol–water partition coefficient (Wildman–Crippen LogP) is 4.94. The van der Waals surface area contributed by atoms with Crippen LogP contribution in [0, 0.1) is 0 Å². The van der Waals surface area contributed by atoms with Gasteiger partial charge in [-0.15, -0.1) is 0 Å². The predicted molar refractivity (Wildman–Crippen MR) is 93.0 cm³/mol. The van der Waals surface area contributed by atoms with E-state index in [1.165, 1.54) is 10.9 Å². The fraction of sp³-hybridized carbons (Fsp3) is 0.250. The van der Waals surface area contributed by atoms with E-state index in [9.17, 15) is 0 Å². The number of aryl methyl sites for hydroxylation is 2. The van der Waals surface area contributed by atoms with Gasteiger partial charge < -0.3 is 13.9 Å². The zero-order chi connectivity index (χ0) is 16.3. The minimum Gasteiger partial charge on any atom is -0.460 e. The van der Waals surface area contributed by atoms with Crippen molar-refractivity contribution in [1.82, 2.24) is 4.98 Å². The molecule has 0 amide bonds. The molecule has 2 aliphatic heterocycles. The summed E-state index contributed by atoms with van der Waals surface area (Å²) in [4.78, 5) is 4.80. The first-order valence-corrected chi connectivity index (χ1v) is 8.36. The molecule has 24 heavy (non-hydrogen) atoms. The fourth-order valence-electron chi connectivity index (χ4n) is 3.52. The van der Waals surface area contributed by atoms with Gasteiger partial charge in [0, 0.05) is 23.3 Å². The Morgan fingerprint density at radius 2 is 1.79 bits per heavy atom. The van der Waals surface area contributed by atoms with E-state index < -0.39 is 0 Å². The maximum atomic E-state index is 6.21. The summed E-state index contributed by atoms with van der Waals surface area (Å²) in [7, 11) is 0. The zero-order valence-electron chi connectivity index (χ0n) is 13.7. The molecule has 5 rings (SSSR count). The molecule has 0 radical (unpaired) electrons. The van der Waals surface area contributed by atoms with Crippen LogP contribution in [0.25, 0.3) is 33.1 Å². The van der Waals surface area contributed by atoms with Gasteiger partial charge in [-0.25, -0.2) is 4.98 Å².